The fourth-order valence-electron chi connectivity index (χ4n) is 1.94. The molecule has 0 unspecified atom stereocenters. The Morgan fingerprint density at radius 3 is 2.61 bits per heavy atom. The number of carboxylic acid groups (broad SMARTS) is 1. The molecule has 1 aliphatic carbocycles. The van der Waals surface area contributed by atoms with Crippen molar-refractivity contribution >= 4 is 18.0 Å². The molecule has 2 fully saturated rings. The van der Waals surface area contributed by atoms with Crippen LogP contribution in [0.1, 0.15) is 12.8 Å². The number of amides is 2. The molecule has 2 amide bonds. The predicted molar refractivity (Wildman–Crippen MR) is 59.9 cm³/mol. The van der Waals surface area contributed by atoms with Gasteiger partial charge >= 0.3 is 12.1 Å². The molecule has 0 aromatic heterocycles. The summed E-state index contributed by atoms with van der Waals surface area (Å²) < 4.78 is 4.67. The van der Waals surface area contributed by atoms with Gasteiger partial charge in [0.2, 0.25) is 5.91 Å². The summed E-state index contributed by atoms with van der Waals surface area (Å²) in [5.74, 6) is -0.866. The first-order chi connectivity index (χ1) is 8.56. The lowest BCUT2D eigenvalue weighted by atomic mass is 10.3. The van der Waals surface area contributed by atoms with E-state index in [9.17, 15) is 14.4 Å². The van der Waals surface area contributed by atoms with Gasteiger partial charge < -0.3 is 9.84 Å². The van der Waals surface area contributed by atoms with Crippen molar-refractivity contribution in [1.82, 2.24) is 9.80 Å². The fourth-order valence-corrected chi connectivity index (χ4v) is 1.94. The summed E-state index contributed by atoms with van der Waals surface area (Å²) in [4.78, 5) is 36.4. The van der Waals surface area contributed by atoms with E-state index in [1.807, 2.05) is 0 Å². The number of cyclic esters (lactones) is 1. The monoisotopic (exact) mass is 256 g/mol. The minimum absolute atomic E-state index is 0.0438. The average Bonchev–Trinajstić information content (AvgIpc) is 2.97. The molecule has 1 N–H and O–H groups in total. The summed E-state index contributed by atoms with van der Waals surface area (Å²) in [7, 11) is 0. The van der Waals surface area contributed by atoms with E-state index in [0.29, 0.717) is 12.5 Å². The van der Waals surface area contributed by atoms with Crippen LogP contribution in [0.3, 0.4) is 0 Å². The Morgan fingerprint density at radius 1 is 1.39 bits per heavy atom. The van der Waals surface area contributed by atoms with Crippen LogP contribution in [-0.2, 0) is 14.3 Å². The molecule has 1 saturated heterocycles. The molecule has 1 aliphatic heterocycles. The highest BCUT2D eigenvalue weighted by Crippen LogP contribution is 2.29. The Bertz CT molecular complexity index is 366. The molecule has 0 radical (unpaired) electrons. The molecule has 7 heteroatoms. The number of carbonyl (C=O) groups excluding carboxylic acids is 2. The Morgan fingerprint density at radius 2 is 2.11 bits per heavy atom. The highest BCUT2D eigenvalue weighted by Gasteiger charge is 2.31. The zero-order valence-corrected chi connectivity index (χ0v) is 10.0. The summed E-state index contributed by atoms with van der Waals surface area (Å²) in [6, 6.07) is 0. The van der Waals surface area contributed by atoms with Crippen LogP contribution in [0.15, 0.2) is 0 Å². The standard InChI is InChI=1S/C11H16N2O5/c14-9(13-3-4-18-11(13)17)6-12(7-10(15)16)5-8-1-2-8/h8H,1-7H2,(H,15,16). The zero-order chi connectivity index (χ0) is 13.1. The van der Waals surface area contributed by atoms with Crippen molar-refractivity contribution < 1.29 is 24.2 Å². The van der Waals surface area contributed by atoms with Crippen LogP contribution in [0.2, 0.25) is 0 Å². The normalized spacial score (nSPS) is 19.2. The minimum Gasteiger partial charge on any atom is -0.480 e. The van der Waals surface area contributed by atoms with Gasteiger partial charge in [0.05, 0.1) is 19.6 Å². The van der Waals surface area contributed by atoms with Crippen molar-refractivity contribution in [2.75, 3.05) is 32.8 Å². The van der Waals surface area contributed by atoms with Crippen molar-refractivity contribution in [1.29, 1.82) is 0 Å². The van der Waals surface area contributed by atoms with Gasteiger partial charge in [-0.2, -0.15) is 0 Å². The molecule has 0 atom stereocenters. The van der Waals surface area contributed by atoms with E-state index in [1.54, 1.807) is 4.90 Å². The number of hydrogen-bond donors (Lipinski definition) is 1. The average molecular weight is 256 g/mol. The molecule has 1 heterocycles. The molecule has 0 aromatic carbocycles. The van der Waals surface area contributed by atoms with Crippen LogP contribution < -0.4 is 0 Å². The lowest BCUT2D eigenvalue weighted by molar-refractivity contribution is -0.139. The summed E-state index contributed by atoms with van der Waals surface area (Å²) in [6.45, 7) is 0.845. The topological polar surface area (TPSA) is 87.2 Å². The molecule has 0 spiro atoms. The Hall–Kier alpha value is -1.63. The first kappa shape index (κ1) is 12.8. The first-order valence-corrected chi connectivity index (χ1v) is 5.97. The van der Waals surface area contributed by atoms with E-state index in [4.69, 9.17) is 5.11 Å². The molecule has 0 bridgehead atoms. The molecule has 18 heavy (non-hydrogen) atoms. The smallest absolute Gasteiger partial charge is 0.416 e. The summed E-state index contributed by atoms with van der Waals surface area (Å²) in [5.41, 5.74) is 0. The summed E-state index contributed by atoms with van der Waals surface area (Å²) in [5, 5.41) is 8.79. The largest absolute Gasteiger partial charge is 0.480 e. The number of hydrogen-bond acceptors (Lipinski definition) is 5. The highest BCUT2D eigenvalue weighted by molar-refractivity contribution is 5.94. The van der Waals surface area contributed by atoms with Gasteiger partial charge in [-0.05, 0) is 18.8 Å². The maximum atomic E-state index is 11.8. The van der Waals surface area contributed by atoms with Gasteiger partial charge in [-0.15, -0.1) is 0 Å². The molecule has 1 saturated carbocycles. The van der Waals surface area contributed by atoms with Crippen molar-refractivity contribution in [2.45, 2.75) is 12.8 Å². The Labute approximate surface area is 104 Å². The predicted octanol–water partition coefficient (Wildman–Crippen LogP) is -0.238. The molecular weight excluding hydrogens is 240 g/mol. The van der Waals surface area contributed by atoms with Crippen LogP contribution in [-0.4, -0.2) is 65.7 Å². The minimum atomic E-state index is -0.965. The Kier molecular flexibility index (Phi) is 3.81. The van der Waals surface area contributed by atoms with Gasteiger partial charge in [0.25, 0.3) is 0 Å². The molecule has 0 aromatic rings. The third kappa shape index (κ3) is 3.43. The van der Waals surface area contributed by atoms with Gasteiger partial charge in [0, 0.05) is 6.54 Å². The fraction of sp³-hybridized carbons (Fsp3) is 0.727. The molecule has 7 nitrogen and oxygen atoms in total. The number of imide groups is 1. The third-order valence-electron chi connectivity index (χ3n) is 2.99. The van der Waals surface area contributed by atoms with Gasteiger partial charge in [0.1, 0.15) is 6.61 Å². The van der Waals surface area contributed by atoms with Crippen molar-refractivity contribution in [3.05, 3.63) is 0 Å². The van der Waals surface area contributed by atoms with Crippen molar-refractivity contribution in [2.24, 2.45) is 5.92 Å². The van der Waals surface area contributed by atoms with Gasteiger partial charge in [0.15, 0.2) is 0 Å². The summed E-state index contributed by atoms with van der Waals surface area (Å²) >= 11 is 0. The van der Waals surface area contributed by atoms with Crippen LogP contribution in [0.5, 0.6) is 0 Å². The quantitative estimate of drug-likeness (QED) is 0.706. The second-order valence-electron chi connectivity index (χ2n) is 4.67. The van der Waals surface area contributed by atoms with E-state index in [2.05, 4.69) is 4.74 Å². The molecule has 2 rings (SSSR count). The van der Waals surface area contributed by atoms with E-state index < -0.39 is 12.1 Å². The maximum Gasteiger partial charge on any atom is 0.416 e. The molecule has 100 valence electrons. The molecule has 2 aliphatic rings. The maximum absolute atomic E-state index is 11.8. The second kappa shape index (κ2) is 5.34. The molecular formula is C11H16N2O5. The second-order valence-corrected chi connectivity index (χ2v) is 4.67. The van der Waals surface area contributed by atoms with Crippen molar-refractivity contribution in [3.63, 3.8) is 0 Å². The number of rotatable bonds is 6. The van der Waals surface area contributed by atoms with Crippen LogP contribution >= 0.6 is 0 Å². The van der Waals surface area contributed by atoms with Gasteiger partial charge in [-0.25, -0.2) is 9.69 Å². The van der Waals surface area contributed by atoms with E-state index in [0.717, 1.165) is 17.7 Å². The number of nitrogens with zero attached hydrogens (tertiary/aromatic N) is 2. The number of carboxylic acids is 1. The van der Waals surface area contributed by atoms with Gasteiger partial charge in [-0.1, -0.05) is 0 Å². The first-order valence-electron chi connectivity index (χ1n) is 5.97. The van der Waals surface area contributed by atoms with E-state index >= 15 is 0 Å². The SMILES string of the molecule is O=C(O)CN(CC(=O)N1CCOC1=O)CC1CC1. The van der Waals surface area contributed by atoms with Crippen molar-refractivity contribution in [3.8, 4) is 0 Å². The zero-order valence-electron chi connectivity index (χ0n) is 10.0. The third-order valence-corrected chi connectivity index (χ3v) is 2.99. The lowest BCUT2D eigenvalue weighted by Gasteiger charge is -2.21. The lowest BCUT2D eigenvalue weighted by Crippen LogP contribution is -2.43. The van der Waals surface area contributed by atoms with Crippen LogP contribution in [0.4, 0.5) is 4.79 Å². The summed E-state index contributed by atoms with van der Waals surface area (Å²) in [6.07, 6.45) is 1.52. The van der Waals surface area contributed by atoms with Crippen LogP contribution in [0, 0.1) is 5.92 Å². The number of aliphatic carboxylic acids is 1. The van der Waals surface area contributed by atoms with Gasteiger partial charge in [-0.3, -0.25) is 14.5 Å². The van der Waals surface area contributed by atoms with E-state index in [-0.39, 0.29) is 32.1 Å². The van der Waals surface area contributed by atoms with Crippen LogP contribution in [0.25, 0.3) is 0 Å². The number of ether oxygens (including phenoxy) is 1. The highest BCUT2D eigenvalue weighted by atomic mass is 16.6. The van der Waals surface area contributed by atoms with E-state index in [1.165, 1.54) is 0 Å². The number of carbonyl (C=O) groups is 3. The Balaban J connectivity index is 1.87.